The number of nitrogens with one attached hydrogen (secondary N) is 1. The molecule has 2 aliphatic heterocycles. The van der Waals surface area contributed by atoms with Crippen LogP contribution in [-0.4, -0.2) is 62.2 Å². The first-order chi connectivity index (χ1) is 15.9. The van der Waals surface area contributed by atoms with Gasteiger partial charge in [0, 0.05) is 19.6 Å². The summed E-state index contributed by atoms with van der Waals surface area (Å²) in [5.74, 6) is -0.139. The smallest absolute Gasteiger partial charge is 0.264 e. The molecule has 178 valence electrons. The maximum Gasteiger partial charge on any atom is 0.264 e. The fraction of sp³-hybridized carbons (Fsp3) is 0.478. The lowest BCUT2D eigenvalue weighted by atomic mass is 10.2. The van der Waals surface area contributed by atoms with E-state index in [0.717, 1.165) is 32.1 Å². The summed E-state index contributed by atoms with van der Waals surface area (Å²) in [6.07, 6.45) is 5.02. The molecule has 2 saturated heterocycles. The molecule has 3 heterocycles. The zero-order valence-corrected chi connectivity index (χ0v) is 20.3. The van der Waals surface area contributed by atoms with Gasteiger partial charge in [-0.05, 0) is 55.3 Å². The summed E-state index contributed by atoms with van der Waals surface area (Å²) in [5, 5.41) is 4.66. The Morgan fingerprint density at radius 1 is 1.06 bits per heavy atom. The number of hydrogen-bond acceptors (Lipinski definition) is 6. The Morgan fingerprint density at radius 2 is 1.82 bits per heavy atom. The quantitative estimate of drug-likeness (QED) is 0.667. The highest BCUT2D eigenvalue weighted by Crippen LogP contribution is 2.31. The Labute approximate surface area is 198 Å². The highest BCUT2D eigenvalue weighted by atomic mass is 32.2. The van der Waals surface area contributed by atoms with Gasteiger partial charge in [-0.2, -0.15) is 4.31 Å². The van der Waals surface area contributed by atoms with Crippen LogP contribution >= 0.6 is 11.3 Å². The third kappa shape index (κ3) is 5.07. The van der Waals surface area contributed by atoms with Crippen LogP contribution in [0.25, 0.3) is 0 Å². The molecule has 0 saturated carbocycles. The molecule has 33 heavy (non-hydrogen) atoms. The number of nitrogens with zero attached hydrogens (tertiary/aromatic N) is 2. The number of carbonyl (C=O) groups excluding carboxylic acids is 2. The highest BCUT2D eigenvalue weighted by Gasteiger charge is 2.35. The zero-order valence-electron chi connectivity index (χ0n) is 18.7. The number of anilines is 1. The van der Waals surface area contributed by atoms with E-state index in [4.69, 9.17) is 4.74 Å². The van der Waals surface area contributed by atoms with Crippen molar-refractivity contribution >= 4 is 38.9 Å². The van der Waals surface area contributed by atoms with E-state index in [9.17, 15) is 18.0 Å². The van der Waals surface area contributed by atoms with Crippen molar-refractivity contribution in [2.45, 2.75) is 49.5 Å². The van der Waals surface area contributed by atoms with Gasteiger partial charge in [0.25, 0.3) is 5.91 Å². The molecule has 2 aliphatic rings. The average Bonchev–Trinajstić information content (AvgIpc) is 3.45. The lowest BCUT2D eigenvalue weighted by Gasteiger charge is -2.24. The average molecular weight is 492 g/mol. The SMILES string of the molecule is COc1ccc(S(=O)(=O)N2CCCCCC2)cc1NC(=O)C1CCCN1C(=O)c1cccs1. The van der Waals surface area contributed by atoms with Crippen molar-refractivity contribution in [1.29, 1.82) is 0 Å². The topological polar surface area (TPSA) is 96.0 Å². The Hall–Kier alpha value is -2.43. The second kappa shape index (κ2) is 10.2. The molecule has 2 fully saturated rings. The van der Waals surface area contributed by atoms with E-state index in [1.807, 2.05) is 11.4 Å². The van der Waals surface area contributed by atoms with Crippen LogP contribution in [0.2, 0.25) is 0 Å². The molecule has 0 aliphatic carbocycles. The standard InChI is InChI=1S/C23H29N3O5S2/c1-31-20-11-10-17(33(29,30)25-12-4-2-3-5-13-25)16-18(20)24-22(27)19-8-6-14-26(19)23(28)21-9-7-15-32-21/h7,9-11,15-16,19H,2-6,8,12-14H2,1H3,(H,24,27). The van der Waals surface area contributed by atoms with Crippen LogP contribution in [-0.2, 0) is 14.8 Å². The monoisotopic (exact) mass is 491 g/mol. The molecular formula is C23H29N3O5S2. The molecule has 10 heteroatoms. The summed E-state index contributed by atoms with van der Waals surface area (Å²) in [5.41, 5.74) is 0.286. The first-order valence-corrected chi connectivity index (χ1v) is 13.6. The normalized spacial score (nSPS) is 19.8. The van der Waals surface area contributed by atoms with Crippen LogP contribution in [0.5, 0.6) is 5.75 Å². The van der Waals surface area contributed by atoms with Gasteiger partial charge in [-0.3, -0.25) is 9.59 Å². The summed E-state index contributed by atoms with van der Waals surface area (Å²) in [7, 11) is -2.21. The largest absolute Gasteiger partial charge is 0.495 e. The fourth-order valence-electron chi connectivity index (χ4n) is 4.42. The van der Waals surface area contributed by atoms with E-state index >= 15 is 0 Å². The van der Waals surface area contributed by atoms with Gasteiger partial charge >= 0.3 is 0 Å². The molecule has 0 spiro atoms. The molecule has 2 amide bonds. The number of sulfonamides is 1. The van der Waals surface area contributed by atoms with Crippen molar-refractivity contribution in [1.82, 2.24) is 9.21 Å². The van der Waals surface area contributed by atoms with Gasteiger partial charge in [0.05, 0.1) is 22.6 Å². The van der Waals surface area contributed by atoms with Crippen molar-refractivity contribution in [2.75, 3.05) is 32.1 Å². The number of carbonyl (C=O) groups is 2. The van der Waals surface area contributed by atoms with Crippen molar-refractivity contribution < 1.29 is 22.7 Å². The van der Waals surface area contributed by atoms with Crippen LogP contribution in [0, 0.1) is 0 Å². The molecule has 1 aromatic carbocycles. The van der Waals surface area contributed by atoms with E-state index in [-0.39, 0.29) is 22.4 Å². The molecule has 1 unspecified atom stereocenters. The van der Waals surface area contributed by atoms with Crippen molar-refractivity contribution in [3.8, 4) is 5.75 Å². The lowest BCUT2D eigenvalue weighted by molar-refractivity contribution is -0.119. The zero-order chi connectivity index (χ0) is 23.4. The van der Waals surface area contributed by atoms with Gasteiger partial charge in [-0.1, -0.05) is 18.9 Å². The second-order valence-electron chi connectivity index (χ2n) is 8.30. The molecule has 2 aromatic rings. The lowest BCUT2D eigenvalue weighted by Crippen LogP contribution is -2.43. The number of hydrogen-bond donors (Lipinski definition) is 1. The van der Waals surface area contributed by atoms with Gasteiger partial charge in [0.1, 0.15) is 11.8 Å². The first kappa shape index (κ1) is 23.7. The molecule has 1 N–H and O–H groups in total. The van der Waals surface area contributed by atoms with Crippen LogP contribution in [0.3, 0.4) is 0 Å². The highest BCUT2D eigenvalue weighted by molar-refractivity contribution is 7.89. The molecule has 1 atom stereocenters. The number of likely N-dealkylation sites (tertiary alicyclic amines) is 1. The summed E-state index contributed by atoms with van der Waals surface area (Å²) >= 11 is 1.35. The first-order valence-electron chi connectivity index (χ1n) is 11.3. The van der Waals surface area contributed by atoms with Gasteiger partial charge < -0.3 is 15.0 Å². The Morgan fingerprint density at radius 3 is 2.48 bits per heavy atom. The molecule has 4 rings (SSSR count). The van der Waals surface area contributed by atoms with E-state index in [0.29, 0.717) is 36.7 Å². The fourth-order valence-corrected chi connectivity index (χ4v) is 6.64. The molecule has 0 radical (unpaired) electrons. The Bertz CT molecular complexity index is 1090. The van der Waals surface area contributed by atoms with E-state index in [2.05, 4.69) is 5.32 Å². The maximum absolute atomic E-state index is 13.2. The minimum Gasteiger partial charge on any atom is -0.495 e. The van der Waals surface area contributed by atoms with Crippen molar-refractivity contribution in [3.63, 3.8) is 0 Å². The summed E-state index contributed by atoms with van der Waals surface area (Å²) in [6.45, 7) is 1.51. The third-order valence-electron chi connectivity index (χ3n) is 6.18. The van der Waals surface area contributed by atoms with E-state index in [1.165, 1.54) is 34.9 Å². The minimum atomic E-state index is -3.68. The minimum absolute atomic E-state index is 0.124. The summed E-state index contributed by atoms with van der Waals surface area (Å²) < 4.78 is 33.3. The van der Waals surface area contributed by atoms with Crippen molar-refractivity contribution in [3.05, 3.63) is 40.6 Å². The third-order valence-corrected chi connectivity index (χ3v) is 8.93. The van der Waals surface area contributed by atoms with Crippen molar-refractivity contribution in [2.24, 2.45) is 0 Å². The van der Waals surface area contributed by atoms with Gasteiger partial charge in [-0.15, -0.1) is 11.3 Å². The molecular weight excluding hydrogens is 462 g/mol. The van der Waals surface area contributed by atoms with Crippen LogP contribution in [0.4, 0.5) is 5.69 Å². The predicted molar refractivity (Wildman–Crippen MR) is 127 cm³/mol. The van der Waals surface area contributed by atoms with Gasteiger partial charge in [0.15, 0.2) is 0 Å². The molecule has 1 aromatic heterocycles. The van der Waals surface area contributed by atoms with Crippen LogP contribution < -0.4 is 10.1 Å². The number of methoxy groups -OCH3 is 1. The Balaban J connectivity index is 1.55. The molecule has 8 nitrogen and oxygen atoms in total. The van der Waals surface area contributed by atoms with E-state index in [1.54, 1.807) is 17.0 Å². The maximum atomic E-state index is 13.2. The number of rotatable bonds is 6. The summed E-state index contributed by atoms with van der Waals surface area (Å²) in [6, 6.07) is 7.47. The van der Waals surface area contributed by atoms with Gasteiger partial charge in [-0.25, -0.2) is 8.42 Å². The predicted octanol–water partition coefficient (Wildman–Crippen LogP) is 3.56. The number of ether oxygens (including phenoxy) is 1. The molecule has 0 bridgehead atoms. The second-order valence-corrected chi connectivity index (χ2v) is 11.2. The number of benzene rings is 1. The summed E-state index contributed by atoms with van der Waals surface area (Å²) in [4.78, 5) is 28.3. The van der Waals surface area contributed by atoms with Crippen LogP contribution in [0.15, 0.2) is 40.6 Å². The van der Waals surface area contributed by atoms with E-state index < -0.39 is 16.1 Å². The number of amides is 2. The van der Waals surface area contributed by atoms with Gasteiger partial charge in [0.2, 0.25) is 15.9 Å². The Kier molecular flexibility index (Phi) is 7.35. The van der Waals surface area contributed by atoms with Crippen LogP contribution in [0.1, 0.15) is 48.2 Å². The number of thiophene rings is 1.